The van der Waals surface area contributed by atoms with Crippen LogP contribution < -0.4 is 5.73 Å². The number of ether oxygens (including phenoxy) is 1. The van der Waals surface area contributed by atoms with Gasteiger partial charge in [0.1, 0.15) is 18.0 Å². The Hall–Kier alpha value is -1.42. The highest BCUT2D eigenvalue weighted by Crippen LogP contribution is 2.32. The quantitative estimate of drug-likeness (QED) is 0.843. The molecule has 0 aromatic heterocycles. The van der Waals surface area contributed by atoms with Crippen molar-refractivity contribution in [3.8, 4) is 0 Å². The third-order valence-electron chi connectivity index (χ3n) is 3.41. The topological polar surface area (TPSA) is 52.3 Å². The molecule has 0 radical (unpaired) electrons. The van der Waals surface area contributed by atoms with Crippen LogP contribution in [0.5, 0.6) is 0 Å². The van der Waals surface area contributed by atoms with Crippen molar-refractivity contribution in [2.24, 2.45) is 11.7 Å². The molecule has 0 fully saturated rings. The molecule has 0 aliphatic heterocycles. The van der Waals surface area contributed by atoms with Gasteiger partial charge in [-0.2, -0.15) is 0 Å². The molecule has 0 heterocycles. The highest BCUT2D eigenvalue weighted by molar-refractivity contribution is 5.75. The number of rotatable bonds is 5. The lowest BCUT2D eigenvalue weighted by Gasteiger charge is -2.28. The van der Waals surface area contributed by atoms with Gasteiger partial charge < -0.3 is 10.5 Å². The zero-order chi connectivity index (χ0) is 15.4. The summed E-state index contributed by atoms with van der Waals surface area (Å²) >= 11 is 0. The molecule has 0 aliphatic rings. The largest absolute Gasteiger partial charge is 0.461 e. The van der Waals surface area contributed by atoms with Crippen LogP contribution in [-0.2, 0) is 9.53 Å². The molecule has 0 amide bonds. The maximum Gasteiger partial charge on any atom is 0.322 e. The van der Waals surface area contributed by atoms with Crippen LogP contribution in [0.2, 0.25) is 0 Å². The predicted molar refractivity (Wildman–Crippen MR) is 77.9 cm³/mol. The Labute approximate surface area is 120 Å². The van der Waals surface area contributed by atoms with E-state index in [1.807, 2.05) is 26.8 Å². The number of hydrogen-bond donors (Lipinski definition) is 1. The van der Waals surface area contributed by atoms with Crippen molar-refractivity contribution >= 4 is 5.97 Å². The number of nitrogens with two attached hydrogens (primary N) is 1. The molecule has 1 rings (SSSR count). The fourth-order valence-corrected chi connectivity index (χ4v) is 2.42. The Balaban J connectivity index is 3.02. The van der Waals surface area contributed by atoms with Crippen LogP contribution in [0.25, 0.3) is 0 Å². The first-order chi connectivity index (χ1) is 9.23. The number of aryl methyl sites for hydroxylation is 1. The Kier molecular flexibility index (Phi) is 5.69. The summed E-state index contributed by atoms with van der Waals surface area (Å²) in [5.74, 6) is -0.774. The maximum absolute atomic E-state index is 14.2. The zero-order valence-electron chi connectivity index (χ0n) is 12.8. The average molecular weight is 281 g/mol. The van der Waals surface area contributed by atoms with Gasteiger partial charge in [0.25, 0.3) is 0 Å². The van der Waals surface area contributed by atoms with Gasteiger partial charge in [-0.15, -0.1) is 0 Å². The molecule has 0 saturated heterocycles. The predicted octanol–water partition coefficient (Wildman–Crippen LogP) is 3.15. The van der Waals surface area contributed by atoms with Gasteiger partial charge in [-0.25, -0.2) is 4.39 Å². The molecule has 112 valence electrons. The van der Waals surface area contributed by atoms with Crippen molar-refractivity contribution in [2.75, 3.05) is 0 Å². The van der Waals surface area contributed by atoms with Crippen LogP contribution in [0.4, 0.5) is 4.39 Å². The van der Waals surface area contributed by atoms with E-state index in [-0.39, 0.29) is 17.7 Å². The van der Waals surface area contributed by atoms with Crippen LogP contribution in [-0.4, -0.2) is 18.1 Å². The van der Waals surface area contributed by atoms with E-state index >= 15 is 0 Å². The van der Waals surface area contributed by atoms with Crippen molar-refractivity contribution in [1.82, 2.24) is 0 Å². The molecule has 0 saturated carbocycles. The van der Waals surface area contributed by atoms with Gasteiger partial charge in [-0.3, -0.25) is 4.79 Å². The molecular formula is C16H24FNO2. The van der Waals surface area contributed by atoms with E-state index in [9.17, 15) is 9.18 Å². The first kappa shape index (κ1) is 16.6. The van der Waals surface area contributed by atoms with E-state index in [0.717, 1.165) is 5.56 Å². The lowest BCUT2D eigenvalue weighted by Crippen LogP contribution is -2.34. The van der Waals surface area contributed by atoms with E-state index in [2.05, 4.69) is 0 Å². The van der Waals surface area contributed by atoms with Crippen molar-refractivity contribution < 1.29 is 13.9 Å². The molecule has 1 aromatic rings. The van der Waals surface area contributed by atoms with Gasteiger partial charge in [0.2, 0.25) is 0 Å². The van der Waals surface area contributed by atoms with E-state index < -0.39 is 18.1 Å². The molecule has 3 nitrogen and oxygen atoms in total. The third-order valence-corrected chi connectivity index (χ3v) is 3.41. The summed E-state index contributed by atoms with van der Waals surface area (Å²) in [6.45, 7) is 9.17. The Morgan fingerprint density at radius 3 is 2.30 bits per heavy atom. The SMILES string of the molecule is Cc1ccc([C@@H](C(C)C)[C@H](C)OC(=O)[C@H](C)N)c(F)c1. The summed E-state index contributed by atoms with van der Waals surface area (Å²) in [5, 5.41) is 0. The van der Waals surface area contributed by atoms with Crippen molar-refractivity contribution in [1.29, 1.82) is 0 Å². The first-order valence-electron chi connectivity index (χ1n) is 6.96. The summed E-state index contributed by atoms with van der Waals surface area (Å²) in [5.41, 5.74) is 6.95. The lowest BCUT2D eigenvalue weighted by molar-refractivity contribution is -0.151. The summed E-state index contributed by atoms with van der Waals surface area (Å²) in [7, 11) is 0. The second kappa shape index (κ2) is 6.84. The fourth-order valence-electron chi connectivity index (χ4n) is 2.42. The number of esters is 1. The fraction of sp³-hybridized carbons (Fsp3) is 0.562. The maximum atomic E-state index is 14.2. The van der Waals surface area contributed by atoms with E-state index in [1.54, 1.807) is 19.9 Å². The molecule has 1 aromatic carbocycles. The molecule has 3 atom stereocenters. The Morgan fingerprint density at radius 2 is 1.85 bits per heavy atom. The summed E-state index contributed by atoms with van der Waals surface area (Å²) < 4.78 is 19.5. The summed E-state index contributed by atoms with van der Waals surface area (Å²) in [6, 6.07) is 4.47. The van der Waals surface area contributed by atoms with E-state index in [0.29, 0.717) is 5.56 Å². The Morgan fingerprint density at radius 1 is 1.25 bits per heavy atom. The van der Waals surface area contributed by atoms with Crippen molar-refractivity contribution in [2.45, 2.75) is 52.7 Å². The van der Waals surface area contributed by atoms with Crippen LogP contribution in [0.1, 0.15) is 44.7 Å². The number of hydrogen-bond acceptors (Lipinski definition) is 3. The summed E-state index contributed by atoms with van der Waals surface area (Å²) in [6.07, 6.45) is -0.425. The van der Waals surface area contributed by atoms with E-state index in [1.165, 1.54) is 6.07 Å². The minimum Gasteiger partial charge on any atom is -0.461 e. The third kappa shape index (κ3) is 4.04. The lowest BCUT2D eigenvalue weighted by atomic mass is 9.83. The van der Waals surface area contributed by atoms with Gasteiger partial charge in [0.05, 0.1) is 0 Å². The minimum absolute atomic E-state index is 0.142. The second-order valence-corrected chi connectivity index (χ2v) is 5.73. The molecule has 0 aliphatic carbocycles. The standard InChI is InChI=1S/C16H24FNO2/c1-9(2)15(12(5)20-16(19)11(4)18)13-7-6-10(3)8-14(13)17/h6-9,11-12,15H,18H2,1-5H3/t11-,12-,15-/m0/s1. The number of carbonyl (C=O) groups excluding carboxylic acids is 1. The first-order valence-corrected chi connectivity index (χ1v) is 6.96. The smallest absolute Gasteiger partial charge is 0.322 e. The minimum atomic E-state index is -0.673. The highest BCUT2D eigenvalue weighted by atomic mass is 19.1. The number of carbonyl (C=O) groups is 1. The van der Waals surface area contributed by atoms with E-state index in [4.69, 9.17) is 10.5 Å². The monoisotopic (exact) mass is 281 g/mol. The van der Waals surface area contributed by atoms with Gasteiger partial charge in [-0.05, 0) is 43.9 Å². The van der Waals surface area contributed by atoms with Crippen LogP contribution in [0.15, 0.2) is 18.2 Å². The van der Waals surface area contributed by atoms with Gasteiger partial charge in [-0.1, -0.05) is 26.0 Å². The highest BCUT2D eigenvalue weighted by Gasteiger charge is 2.28. The molecule has 4 heteroatoms. The second-order valence-electron chi connectivity index (χ2n) is 5.73. The number of halogens is 1. The average Bonchev–Trinajstić information content (AvgIpc) is 2.31. The zero-order valence-corrected chi connectivity index (χ0v) is 12.8. The van der Waals surface area contributed by atoms with Gasteiger partial charge in [0, 0.05) is 5.92 Å². The van der Waals surface area contributed by atoms with Gasteiger partial charge in [0.15, 0.2) is 0 Å². The van der Waals surface area contributed by atoms with Crippen LogP contribution in [0.3, 0.4) is 0 Å². The Bertz CT molecular complexity index is 472. The van der Waals surface area contributed by atoms with Gasteiger partial charge >= 0.3 is 5.97 Å². The van der Waals surface area contributed by atoms with Crippen molar-refractivity contribution in [3.05, 3.63) is 35.1 Å². The summed E-state index contributed by atoms with van der Waals surface area (Å²) in [4.78, 5) is 11.6. The molecular weight excluding hydrogens is 257 g/mol. The molecule has 2 N–H and O–H groups in total. The van der Waals surface area contributed by atoms with Crippen molar-refractivity contribution in [3.63, 3.8) is 0 Å². The number of benzene rings is 1. The molecule has 0 unspecified atom stereocenters. The van der Waals surface area contributed by atoms with Crippen LogP contribution >= 0.6 is 0 Å². The molecule has 20 heavy (non-hydrogen) atoms. The molecule has 0 bridgehead atoms. The molecule has 0 spiro atoms. The van der Waals surface area contributed by atoms with Crippen LogP contribution in [0, 0.1) is 18.7 Å². The normalized spacial score (nSPS) is 15.8.